The molecule has 0 N–H and O–H groups in total. The number of nitrogens with zero attached hydrogens (tertiary/aromatic N) is 1. The van der Waals surface area contributed by atoms with Crippen LogP contribution in [0.3, 0.4) is 0 Å². The molecule has 3 rings (SSSR count). The molecule has 20 heavy (non-hydrogen) atoms. The molecule has 1 fully saturated rings. The summed E-state index contributed by atoms with van der Waals surface area (Å²) in [5.74, 6) is -0.201. The molecule has 0 atom stereocenters. The molecule has 6 heteroatoms. The van der Waals surface area contributed by atoms with Gasteiger partial charge in [-0.15, -0.1) is 0 Å². The van der Waals surface area contributed by atoms with Crippen LogP contribution < -0.4 is 5.63 Å². The van der Waals surface area contributed by atoms with Gasteiger partial charge in [-0.2, -0.15) is 0 Å². The zero-order valence-electron chi connectivity index (χ0n) is 10.5. The zero-order valence-corrected chi connectivity index (χ0v) is 12.1. The van der Waals surface area contributed by atoms with E-state index in [9.17, 15) is 9.59 Å². The predicted octanol–water partition coefficient (Wildman–Crippen LogP) is 2.62. The van der Waals surface area contributed by atoms with Crippen LogP contribution in [-0.4, -0.2) is 22.2 Å². The maximum atomic E-state index is 11.9. The average Bonchev–Trinajstić information content (AvgIpc) is 2.67. The molecule has 0 saturated carbocycles. The van der Waals surface area contributed by atoms with Crippen LogP contribution in [0.1, 0.15) is 5.56 Å². The second-order valence-electron chi connectivity index (χ2n) is 4.27. The third kappa shape index (κ3) is 2.17. The minimum Gasteiger partial charge on any atom is -0.422 e. The Morgan fingerprint density at radius 1 is 1.30 bits per heavy atom. The van der Waals surface area contributed by atoms with E-state index < -0.39 is 5.63 Å². The van der Waals surface area contributed by atoms with Gasteiger partial charge < -0.3 is 4.42 Å². The smallest absolute Gasteiger partial charge is 0.343 e. The number of carbonyl (C=O) groups is 1. The first-order valence-electron chi connectivity index (χ1n) is 5.81. The number of amides is 1. The van der Waals surface area contributed by atoms with Crippen LogP contribution in [0, 0.1) is 0 Å². The maximum absolute atomic E-state index is 11.9. The highest BCUT2D eigenvalue weighted by Gasteiger charge is 2.28. The van der Waals surface area contributed by atoms with Gasteiger partial charge in [-0.25, -0.2) is 4.79 Å². The Morgan fingerprint density at radius 3 is 2.75 bits per heavy atom. The van der Waals surface area contributed by atoms with E-state index in [1.807, 2.05) is 12.1 Å². The highest BCUT2D eigenvalue weighted by Crippen LogP contribution is 2.31. The van der Waals surface area contributed by atoms with Gasteiger partial charge in [0.15, 0.2) is 0 Å². The van der Waals surface area contributed by atoms with Crippen molar-refractivity contribution in [1.82, 2.24) is 4.90 Å². The van der Waals surface area contributed by atoms with E-state index in [-0.39, 0.29) is 5.91 Å². The molecule has 2 heterocycles. The summed E-state index contributed by atoms with van der Waals surface area (Å²) >= 11 is 6.23. The monoisotopic (exact) mass is 303 g/mol. The molecule has 0 radical (unpaired) electrons. The summed E-state index contributed by atoms with van der Waals surface area (Å²) in [4.78, 5) is 25.6. The highest BCUT2D eigenvalue weighted by atomic mass is 32.2. The predicted molar refractivity (Wildman–Crippen MR) is 83.4 cm³/mol. The number of hydrogen-bond donors (Lipinski definition) is 0. The normalized spacial score (nSPS) is 17.4. The Bertz CT molecular complexity index is 823. The first kappa shape index (κ1) is 13.1. The fourth-order valence-corrected chi connectivity index (χ4v) is 3.04. The summed E-state index contributed by atoms with van der Waals surface area (Å²) in [5.41, 5.74) is 0.403. The minimum atomic E-state index is -0.468. The summed E-state index contributed by atoms with van der Waals surface area (Å²) < 4.78 is 5.70. The van der Waals surface area contributed by atoms with Crippen LogP contribution in [0.2, 0.25) is 0 Å². The second kappa shape index (κ2) is 4.88. The van der Waals surface area contributed by atoms with Gasteiger partial charge in [0.25, 0.3) is 5.91 Å². The number of carbonyl (C=O) groups excluding carboxylic acids is 1. The fraction of sp³-hybridized carbons (Fsp3) is 0.0714. The summed E-state index contributed by atoms with van der Waals surface area (Å²) in [6, 6.07) is 8.95. The lowest BCUT2D eigenvalue weighted by atomic mass is 10.2. The van der Waals surface area contributed by atoms with Crippen molar-refractivity contribution < 1.29 is 9.21 Å². The van der Waals surface area contributed by atoms with Crippen molar-refractivity contribution in [3.8, 4) is 0 Å². The summed E-state index contributed by atoms with van der Waals surface area (Å²) in [6.45, 7) is 0. The standard InChI is InChI=1S/C14H9NO3S2/c1-15-12(16)11(20-14(15)19)7-9-6-8-4-2-3-5-10(8)18-13(9)17/h2-7H,1H3/b11-7-. The van der Waals surface area contributed by atoms with Crippen LogP contribution in [0.25, 0.3) is 17.0 Å². The highest BCUT2D eigenvalue weighted by molar-refractivity contribution is 8.26. The number of hydrogen-bond acceptors (Lipinski definition) is 5. The summed E-state index contributed by atoms with van der Waals surface area (Å²) in [7, 11) is 1.61. The van der Waals surface area contributed by atoms with Crippen molar-refractivity contribution in [3.05, 3.63) is 51.2 Å². The lowest BCUT2D eigenvalue weighted by molar-refractivity contribution is -0.121. The molecular weight excluding hydrogens is 294 g/mol. The average molecular weight is 303 g/mol. The third-order valence-electron chi connectivity index (χ3n) is 2.94. The molecule has 0 unspecified atom stereocenters. The summed E-state index contributed by atoms with van der Waals surface area (Å²) in [6.07, 6.45) is 1.53. The number of fused-ring (bicyclic) bond motifs is 1. The Balaban J connectivity index is 2.12. The maximum Gasteiger partial charge on any atom is 0.343 e. The van der Waals surface area contributed by atoms with Crippen molar-refractivity contribution in [1.29, 1.82) is 0 Å². The van der Waals surface area contributed by atoms with Gasteiger partial charge in [-0.1, -0.05) is 42.2 Å². The molecule has 1 aliphatic heterocycles. The van der Waals surface area contributed by atoms with Crippen molar-refractivity contribution in [2.45, 2.75) is 0 Å². The number of likely N-dealkylation sites (N-methyl/N-ethyl adjacent to an activating group) is 1. The molecular formula is C14H9NO3S2. The molecule has 1 amide bonds. The zero-order chi connectivity index (χ0) is 14.3. The first-order valence-corrected chi connectivity index (χ1v) is 7.03. The topological polar surface area (TPSA) is 50.5 Å². The van der Waals surface area contributed by atoms with E-state index in [0.717, 1.165) is 5.39 Å². The van der Waals surface area contributed by atoms with Crippen LogP contribution in [0.5, 0.6) is 0 Å². The molecule has 0 aliphatic carbocycles. The number of rotatable bonds is 1. The van der Waals surface area contributed by atoms with Crippen LogP contribution >= 0.6 is 24.0 Å². The largest absolute Gasteiger partial charge is 0.422 e. The van der Waals surface area contributed by atoms with Crippen molar-refractivity contribution in [2.24, 2.45) is 0 Å². The van der Waals surface area contributed by atoms with Crippen LogP contribution in [0.4, 0.5) is 0 Å². The SMILES string of the molecule is CN1C(=O)/C(=C/c2cc3ccccc3oc2=O)SC1=S. The number of para-hydroxylation sites is 1. The van der Waals surface area contributed by atoms with Gasteiger partial charge in [0, 0.05) is 12.4 Å². The van der Waals surface area contributed by atoms with Gasteiger partial charge in [0.1, 0.15) is 9.90 Å². The van der Waals surface area contributed by atoms with Crippen LogP contribution in [-0.2, 0) is 4.79 Å². The lowest BCUT2D eigenvalue weighted by Crippen LogP contribution is -2.22. The molecule has 2 aromatic rings. The van der Waals surface area contributed by atoms with E-state index in [4.69, 9.17) is 16.6 Å². The van der Waals surface area contributed by atoms with E-state index in [1.165, 1.54) is 22.7 Å². The number of benzene rings is 1. The van der Waals surface area contributed by atoms with Gasteiger partial charge >= 0.3 is 5.63 Å². The van der Waals surface area contributed by atoms with E-state index in [0.29, 0.717) is 20.4 Å². The molecule has 1 aromatic carbocycles. The Morgan fingerprint density at radius 2 is 2.05 bits per heavy atom. The minimum absolute atomic E-state index is 0.201. The quantitative estimate of drug-likeness (QED) is 0.460. The van der Waals surface area contributed by atoms with E-state index in [1.54, 1.807) is 25.2 Å². The van der Waals surface area contributed by atoms with E-state index in [2.05, 4.69) is 0 Å². The molecule has 4 nitrogen and oxygen atoms in total. The lowest BCUT2D eigenvalue weighted by Gasteiger charge is -2.03. The molecule has 100 valence electrons. The van der Waals surface area contributed by atoms with Crippen LogP contribution in [0.15, 0.2) is 44.4 Å². The van der Waals surface area contributed by atoms with Gasteiger partial charge in [0.05, 0.1) is 10.5 Å². The summed E-state index contributed by atoms with van der Waals surface area (Å²) in [5, 5.41) is 0.810. The number of thiocarbonyl (C=S) groups is 1. The Labute approximate surface area is 124 Å². The van der Waals surface area contributed by atoms with E-state index >= 15 is 0 Å². The molecule has 1 aromatic heterocycles. The second-order valence-corrected chi connectivity index (χ2v) is 5.94. The third-order valence-corrected chi connectivity index (χ3v) is 4.43. The van der Waals surface area contributed by atoms with Gasteiger partial charge in [-0.05, 0) is 18.2 Å². The van der Waals surface area contributed by atoms with Crippen molar-refractivity contribution >= 4 is 51.3 Å². The molecule has 1 aliphatic rings. The van der Waals surface area contributed by atoms with Gasteiger partial charge in [-0.3, -0.25) is 9.69 Å². The molecule has 1 saturated heterocycles. The van der Waals surface area contributed by atoms with Crippen molar-refractivity contribution in [3.63, 3.8) is 0 Å². The Kier molecular flexibility index (Phi) is 3.19. The molecule has 0 bridgehead atoms. The number of thioether (sulfide) groups is 1. The Hall–Kier alpha value is -1.92. The van der Waals surface area contributed by atoms with Crippen molar-refractivity contribution in [2.75, 3.05) is 7.05 Å². The van der Waals surface area contributed by atoms with Gasteiger partial charge in [0.2, 0.25) is 0 Å². The molecule has 0 spiro atoms. The first-order chi connectivity index (χ1) is 9.56. The fourth-order valence-electron chi connectivity index (χ4n) is 1.87.